The summed E-state index contributed by atoms with van der Waals surface area (Å²) in [7, 11) is 0. The van der Waals surface area contributed by atoms with Gasteiger partial charge >= 0.3 is 0 Å². The number of nitrogens with zero attached hydrogens (tertiary/aromatic N) is 2. The molecular formula is C16H23Cl2N3O3. The van der Waals surface area contributed by atoms with Crippen LogP contribution >= 0.6 is 24.0 Å². The minimum atomic E-state index is -0.640. The molecule has 1 heterocycles. The van der Waals surface area contributed by atoms with E-state index in [1.807, 2.05) is 18.2 Å². The van der Waals surface area contributed by atoms with Gasteiger partial charge in [-0.2, -0.15) is 0 Å². The first-order valence-corrected chi connectivity index (χ1v) is 7.99. The molecule has 0 aromatic heterocycles. The van der Waals surface area contributed by atoms with Crippen LogP contribution in [0.1, 0.15) is 12.5 Å². The van der Waals surface area contributed by atoms with Crippen molar-refractivity contribution >= 4 is 35.8 Å². The number of amides is 2. The molecule has 1 aliphatic rings. The molecule has 0 bridgehead atoms. The summed E-state index contributed by atoms with van der Waals surface area (Å²) in [5, 5.41) is 0.624. The van der Waals surface area contributed by atoms with Crippen molar-refractivity contribution in [3.63, 3.8) is 0 Å². The van der Waals surface area contributed by atoms with E-state index in [-0.39, 0.29) is 30.8 Å². The Morgan fingerprint density at radius 3 is 2.83 bits per heavy atom. The van der Waals surface area contributed by atoms with Crippen molar-refractivity contribution in [1.82, 2.24) is 9.80 Å². The average Bonchev–Trinajstić information content (AvgIpc) is 2.54. The standard InChI is InChI=1S/C16H22ClN3O3.ClH/c1-12(21)19-7-8-23-15(11-19)16(22)20(6-5-18)10-13-3-2-4-14(17)9-13;/h2-4,9,15H,5-8,10-11,18H2,1H3;1H. The third-order valence-corrected chi connectivity index (χ3v) is 4.00. The van der Waals surface area contributed by atoms with Gasteiger partial charge in [-0.1, -0.05) is 23.7 Å². The third kappa shape index (κ3) is 5.63. The van der Waals surface area contributed by atoms with E-state index < -0.39 is 6.10 Å². The fourth-order valence-electron chi connectivity index (χ4n) is 2.57. The Labute approximate surface area is 153 Å². The molecule has 1 aromatic carbocycles. The Morgan fingerprint density at radius 2 is 2.21 bits per heavy atom. The lowest BCUT2D eigenvalue weighted by molar-refractivity contribution is -0.154. The summed E-state index contributed by atoms with van der Waals surface area (Å²) in [5.74, 6) is -0.201. The lowest BCUT2D eigenvalue weighted by Gasteiger charge is -2.34. The number of ether oxygens (including phenoxy) is 1. The van der Waals surface area contributed by atoms with Crippen LogP contribution in [0.15, 0.2) is 24.3 Å². The molecule has 1 saturated heterocycles. The van der Waals surface area contributed by atoms with E-state index in [1.54, 1.807) is 15.9 Å². The lowest BCUT2D eigenvalue weighted by Crippen LogP contribution is -2.52. The number of rotatable bonds is 5. The minimum Gasteiger partial charge on any atom is -0.365 e. The van der Waals surface area contributed by atoms with Crippen LogP contribution in [-0.2, 0) is 20.9 Å². The van der Waals surface area contributed by atoms with Crippen molar-refractivity contribution in [2.75, 3.05) is 32.8 Å². The summed E-state index contributed by atoms with van der Waals surface area (Å²) < 4.78 is 5.56. The van der Waals surface area contributed by atoms with E-state index in [1.165, 1.54) is 6.92 Å². The zero-order chi connectivity index (χ0) is 16.8. The zero-order valence-electron chi connectivity index (χ0n) is 13.6. The first-order valence-electron chi connectivity index (χ1n) is 7.61. The summed E-state index contributed by atoms with van der Waals surface area (Å²) in [5.41, 5.74) is 6.56. The van der Waals surface area contributed by atoms with Crippen LogP contribution in [-0.4, -0.2) is 60.5 Å². The topological polar surface area (TPSA) is 75.9 Å². The molecule has 1 fully saturated rings. The highest BCUT2D eigenvalue weighted by Gasteiger charge is 2.31. The Balaban J connectivity index is 0.00000288. The molecule has 0 saturated carbocycles. The van der Waals surface area contributed by atoms with Gasteiger partial charge in [0.2, 0.25) is 5.91 Å². The second kappa shape index (κ2) is 9.84. The van der Waals surface area contributed by atoms with Crippen LogP contribution in [0.2, 0.25) is 5.02 Å². The number of benzene rings is 1. The maximum Gasteiger partial charge on any atom is 0.253 e. The SMILES string of the molecule is CC(=O)N1CCOC(C(=O)N(CCN)Cc2cccc(Cl)c2)C1.Cl. The van der Waals surface area contributed by atoms with Gasteiger partial charge in [-0.25, -0.2) is 0 Å². The summed E-state index contributed by atoms with van der Waals surface area (Å²) in [6.45, 7) is 3.85. The number of morpholine rings is 1. The van der Waals surface area contributed by atoms with Gasteiger partial charge in [0.15, 0.2) is 6.10 Å². The summed E-state index contributed by atoms with van der Waals surface area (Å²) in [6, 6.07) is 7.36. The molecule has 0 aliphatic carbocycles. The Hall–Kier alpha value is -1.34. The lowest BCUT2D eigenvalue weighted by atomic mass is 10.1. The highest BCUT2D eigenvalue weighted by atomic mass is 35.5. The number of carbonyl (C=O) groups is 2. The van der Waals surface area contributed by atoms with Crippen LogP contribution < -0.4 is 5.73 Å². The molecule has 6 nitrogen and oxygen atoms in total. The normalized spacial score (nSPS) is 17.1. The molecule has 2 rings (SSSR count). The van der Waals surface area contributed by atoms with Gasteiger partial charge in [0, 0.05) is 38.1 Å². The fourth-order valence-corrected chi connectivity index (χ4v) is 2.78. The average molecular weight is 376 g/mol. The van der Waals surface area contributed by atoms with Gasteiger partial charge in [-0.05, 0) is 17.7 Å². The number of hydrogen-bond acceptors (Lipinski definition) is 4. The van der Waals surface area contributed by atoms with Crippen molar-refractivity contribution in [2.24, 2.45) is 5.73 Å². The van der Waals surface area contributed by atoms with Crippen molar-refractivity contribution in [3.8, 4) is 0 Å². The Bertz CT molecular complexity index is 571. The number of carbonyl (C=O) groups excluding carboxylic acids is 2. The molecule has 0 radical (unpaired) electrons. The van der Waals surface area contributed by atoms with Crippen LogP contribution in [0.25, 0.3) is 0 Å². The van der Waals surface area contributed by atoms with E-state index in [0.29, 0.717) is 37.8 Å². The first kappa shape index (κ1) is 20.7. The summed E-state index contributed by atoms with van der Waals surface area (Å²) in [6.07, 6.45) is -0.640. The van der Waals surface area contributed by atoms with E-state index in [4.69, 9.17) is 22.1 Å². The summed E-state index contributed by atoms with van der Waals surface area (Å²) in [4.78, 5) is 27.5. The number of halogens is 2. The molecule has 24 heavy (non-hydrogen) atoms. The van der Waals surface area contributed by atoms with Gasteiger partial charge in [-0.15, -0.1) is 12.4 Å². The van der Waals surface area contributed by atoms with Crippen molar-refractivity contribution in [1.29, 1.82) is 0 Å². The van der Waals surface area contributed by atoms with Crippen LogP contribution in [0, 0.1) is 0 Å². The second-order valence-corrected chi connectivity index (χ2v) is 5.94. The minimum absolute atomic E-state index is 0. The van der Waals surface area contributed by atoms with Crippen LogP contribution in [0.5, 0.6) is 0 Å². The molecule has 1 aliphatic heterocycles. The van der Waals surface area contributed by atoms with Gasteiger partial charge in [0.05, 0.1) is 13.2 Å². The molecule has 0 spiro atoms. The van der Waals surface area contributed by atoms with E-state index in [9.17, 15) is 9.59 Å². The van der Waals surface area contributed by atoms with E-state index in [2.05, 4.69) is 0 Å². The van der Waals surface area contributed by atoms with Crippen LogP contribution in [0.4, 0.5) is 0 Å². The highest BCUT2D eigenvalue weighted by molar-refractivity contribution is 6.30. The quantitative estimate of drug-likeness (QED) is 0.841. The molecule has 8 heteroatoms. The van der Waals surface area contributed by atoms with Gasteiger partial charge in [0.25, 0.3) is 5.91 Å². The van der Waals surface area contributed by atoms with E-state index >= 15 is 0 Å². The van der Waals surface area contributed by atoms with Crippen molar-refractivity contribution < 1.29 is 14.3 Å². The third-order valence-electron chi connectivity index (χ3n) is 3.76. The molecule has 2 N–H and O–H groups in total. The highest BCUT2D eigenvalue weighted by Crippen LogP contribution is 2.15. The molecule has 134 valence electrons. The second-order valence-electron chi connectivity index (χ2n) is 5.50. The zero-order valence-corrected chi connectivity index (χ0v) is 15.2. The smallest absolute Gasteiger partial charge is 0.253 e. The Kier molecular flexibility index (Phi) is 8.48. The predicted octanol–water partition coefficient (Wildman–Crippen LogP) is 1.30. The first-order chi connectivity index (χ1) is 11.0. The molecular weight excluding hydrogens is 353 g/mol. The molecule has 1 atom stereocenters. The van der Waals surface area contributed by atoms with Gasteiger partial charge in [-0.3, -0.25) is 9.59 Å². The monoisotopic (exact) mass is 375 g/mol. The Morgan fingerprint density at radius 1 is 1.46 bits per heavy atom. The predicted molar refractivity (Wildman–Crippen MR) is 95.2 cm³/mol. The number of hydrogen-bond donors (Lipinski definition) is 1. The molecule has 2 amide bonds. The number of nitrogens with two attached hydrogens (primary N) is 1. The largest absolute Gasteiger partial charge is 0.365 e. The summed E-state index contributed by atoms with van der Waals surface area (Å²) >= 11 is 5.99. The molecule has 1 aromatic rings. The molecule has 1 unspecified atom stereocenters. The van der Waals surface area contributed by atoms with Gasteiger partial charge in [0.1, 0.15) is 0 Å². The van der Waals surface area contributed by atoms with Gasteiger partial charge < -0.3 is 20.3 Å². The van der Waals surface area contributed by atoms with E-state index in [0.717, 1.165) is 5.56 Å². The fraction of sp³-hybridized carbons (Fsp3) is 0.500. The van der Waals surface area contributed by atoms with Crippen molar-refractivity contribution in [2.45, 2.75) is 19.6 Å². The van der Waals surface area contributed by atoms with Crippen molar-refractivity contribution in [3.05, 3.63) is 34.9 Å². The van der Waals surface area contributed by atoms with Crippen LogP contribution in [0.3, 0.4) is 0 Å². The maximum atomic E-state index is 12.7. The maximum absolute atomic E-state index is 12.7.